The molecular weight excluding hydrogens is 1310 g/mol. The van der Waals surface area contributed by atoms with Gasteiger partial charge in [-0.05, 0) is 37.5 Å². The number of carbonyl (C=O) groups is 4. The number of hydrogen-bond acceptors (Lipinski definition) is 15. The van der Waals surface area contributed by atoms with Gasteiger partial charge in [-0.15, -0.1) is 0 Å². The minimum absolute atomic E-state index is 0.107. The summed E-state index contributed by atoms with van der Waals surface area (Å²) in [6.45, 7) is 9.64. The number of phosphoric ester groups is 2. The van der Waals surface area contributed by atoms with Gasteiger partial charge in [0.1, 0.15) is 19.3 Å². The fourth-order valence-corrected chi connectivity index (χ4v) is 14.1. The van der Waals surface area contributed by atoms with Crippen molar-refractivity contribution in [2.24, 2.45) is 11.8 Å². The molecule has 0 heterocycles. The molecule has 2 unspecified atom stereocenters. The molecule has 0 rings (SSSR count). The van der Waals surface area contributed by atoms with Crippen LogP contribution in [0.1, 0.15) is 427 Å². The molecule has 0 aliphatic carbocycles. The van der Waals surface area contributed by atoms with Crippen LogP contribution in [0, 0.1) is 11.8 Å². The standard InChI is InChI=1S/C81H158O17P2/c1-7-9-11-13-15-17-19-21-22-28-31-35-38-45-51-57-63-78(83)91-69-76(97-81(86)66-60-54-48-40-36-32-29-26-24-23-25-27-30-33-37-43-49-55-61-73(3)4)71-95-99(87,88)93-67-75(82)68-94-100(89,90)96-72-77(70-92-79(84)64-58-52-46-42-41-44-50-56-62-74(5)6)98-80(85)65-59-53-47-39-34-20-18-16-14-12-10-8-2/h73-77,82H,7-72H2,1-6H3,(H,87,88)(H,89,90)/t75-,76-,77-/m1/s1. The topological polar surface area (TPSA) is 237 Å². The lowest BCUT2D eigenvalue weighted by Gasteiger charge is -2.21. The van der Waals surface area contributed by atoms with Crippen LogP contribution in [0.3, 0.4) is 0 Å². The minimum Gasteiger partial charge on any atom is -0.462 e. The molecule has 0 fully saturated rings. The molecule has 0 bridgehead atoms. The first-order valence-electron chi connectivity index (χ1n) is 42.0. The Bertz CT molecular complexity index is 1920. The van der Waals surface area contributed by atoms with E-state index in [1.807, 2.05) is 0 Å². The van der Waals surface area contributed by atoms with Crippen LogP contribution in [0.25, 0.3) is 0 Å². The summed E-state index contributed by atoms with van der Waals surface area (Å²) in [4.78, 5) is 73.0. The van der Waals surface area contributed by atoms with Crippen LogP contribution in [0.5, 0.6) is 0 Å². The van der Waals surface area contributed by atoms with E-state index in [1.54, 1.807) is 0 Å². The first kappa shape index (κ1) is 98.1. The molecule has 5 atom stereocenters. The van der Waals surface area contributed by atoms with Crippen LogP contribution in [0.15, 0.2) is 0 Å². The Balaban J connectivity index is 5.22. The molecule has 0 aromatic carbocycles. The van der Waals surface area contributed by atoms with E-state index in [4.69, 9.17) is 37.0 Å². The van der Waals surface area contributed by atoms with Crippen molar-refractivity contribution in [3.63, 3.8) is 0 Å². The zero-order chi connectivity index (χ0) is 73.5. The number of rotatable bonds is 80. The van der Waals surface area contributed by atoms with Crippen LogP contribution in [-0.2, 0) is 65.4 Å². The second kappa shape index (κ2) is 72.6. The van der Waals surface area contributed by atoms with Gasteiger partial charge in [0.25, 0.3) is 0 Å². The van der Waals surface area contributed by atoms with E-state index in [-0.39, 0.29) is 25.7 Å². The van der Waals surface area contributed by atoms with Gasteiger partial charge >= 0.3 is 39.5 Å². The normalized spacial score (nSPS) is 13.9. The molecule has 100 heavy (non-hydrogen) atoms. The Morgan fingerprint density at radius 3 is 0.680 bits per heavy atom. The van der Waals surface area contributed by atoms with Gasteiger partial charge in [0, 0.05) is 25.7 Å². The molecule has 19 heteroatoms. The van der Waals surface area contributed by atoms with E-state index in [2.05, 4.69) is 41.5 Å². The molecule has 0 aliphatic heterocycles. The third-order valence-corrected chi connectivity index (χ3v) is 20.9. The summed E-state index contributed by atoms with van der Waals surface area (Å²) in [6, 6.07) is 0. The summed E-state index contributed by atoms with van der Waals surface area (Å²) in [5, 5.41) is 10.6. The fraction of sp³-hybridized carbons (Fsp3) is 0.951. The fourth-order valence-electron chi connectivity index (χ4n) is 12.5. The lowest BCUT2D eigenvalue weighted by atomic mass is 10.0. The van der Waals surface area contributed by atoms with Gasteiger partial charge in [0.15, 0.2) is 12.2 Å². The van der Waals surface area contributed by atoms with Crippen molar-refractivity contribution < 1.29 is 80.2 Å². The maximum Gasteiger partial charge on any atom is 0.472 e. The molecular formula is C81H158O17P2. The number of phosphoric acid groups is 2. The Labute approximate surface area is 613 Å². The zero-order valence-corrected chi connectivity index (χ0v) is 67.3. The van der Waals surface area contributed by atoms with Crippen LogP contribution >= 0.6 is 15.6 Å². The van der Waals surface area contributed by atoms with Gasteiger partial charge in [-0.25, -0.2) is 9.13 Å². The summed E-state index contributed by atoms with van der Waals surface area (Å²) in [6.07, 6.45) is 62.5. The summed E-state index contributed by atoms with van der Waals surface area (Å²) in [7, 11) is -9.92. The maximum atomic E-state index is 13.1. The highest BCUT2D eigenvalue weighted by atomic mass is 31.2. The minimum atomic E-state index is -4.96. The van der Waals surface area contributed by atoms with Crippen LogP contribution < -0.4 is 0 Å². The first-order chi connectivity index (χ1) is 48.4. The zero-order valence-electron chi connectivity index (χ0n) is 65.5. The molecule has 0 spiro atoms. The second-order valence-electron chi connectivity index (χ2n) is 30.1. The molecule has 0 aromatic rings. The van der Waals surface area contributed by atoms with Crippen LogP contribution in [0.4, 0.5) is 0 Å². The molecule has 3 N–H and O–H groups in total. The van der Waals surface area contributed by atoms with Gasteiger partial charge in [-0.2, -0.15) is 0 Å². The number of hydrogen-bond donors (Lipinski definition) is 3. The predicted octanol–water partition coefficient (Wildman–Crippen LogP) is 24.3. The summed E-state index contributed by atoms with van der Waals surface area (Å²) in [5.74, 6) is -0.561. The van der Waals surface area contributed by atoms with Gasteiger partial charge in [0.2, 0.25) is 0 Å². The van der Waals surface area contributed by atoms with Crippen molar-refractivity contribution in [1.29, 1.82) is 0 Å². The highest BCUT2D eigenvalue weighted by Gasteiger charge is 2.30. The monoisotopic (exact) mass is 1470 g/mol. The molecule has 0 amide bonds. The van der Waals surface area contributed by atoms with E-state index in [0.717, 1.165) is 102 Å². The van der Waals surface area contributed by atoms with Gasteiger partial charge in [-0.1, -0.05) is 375 Å². The number of esters is 4. The van der Waals surface area contributed by atoms with E-state index >= 15 is 0 Å². The number of unbranched alkanes of at least 4 members (excludes halogenated alkanes) is 50. The highest BCUT2D eigenvalue weighted by molar-refractivity contribution is 7.47. The Kier molecular flexibility index (Phi) is 71.2. The Morgan fingerprint density at radius 1 is 0.270 bits per heavy atom. The lowest BCUT2D eigenvalue weighted by molar-refractivity contribution is -0.161. The van der Waals surface area contributed by atoms with Crippen molar-refractivity contribution in [1.82, 2.24) is 0 Å². The Hall–Kier alpha value is -1.94. The number of carbonyl (C=O) groups excluding carboxylic acids is 4. The molecule has 0 radical (unpaired) electrons. The smallest absolute Gasteiger partial charge is 0.462 e. The molecule has 0 saturated carbocycles. The Morgan fingerprint density at radius 2 is 0.460 bits per heavy atom. The van der Waals surface area contributed by atoms with Crippen LogP contribution in [0.2, 0.25) is 0 Å². The summed E-state index contributed by atoms with van der Waals surface area (Å²) >= 11 is 0. The molecule has 17 nitrogen and oxygen atoms in total. The molecule has 594 valence electrons. The second-order valence-corrected chi connectivity index (χ2v) is 33.0. The van der Waals surface area contributed by atoms with E-state index in [1.165, 1.54) is 244 Å². The average Bonchev–Trinajstić information content (AvgIpc) is 0.966. The van der Waals surface area contributed by atoms with E-state index in [9.17, 15) is 43.2 Å². The molecule has 0 aromatic heterocycles. The maximum absolute atomic E-state index is 13.1. The van der Waals surface area contributed by atoms with Crippen LogP contribution in [-0.4, -0.2) is 96.7 Å². The number of ether oxygens (including phenoxy) is 4. The van der Waals surface area contributed by atoms with E-state index in [0.29, 0.717) is 25.7 Å². The third kappa shape index (κ3) is 74.3. The molecule has 0 aliphatic rings. The van der Waals surface area contributed by atoms with Crippen molar-refractivity contribution >= 4 is 39.5 Å². The van der Waals surface area contributed by atoms with Gasteiger partial charge < -0.3 is 33.8 Å². The summed E-state index contributed by atoms with van der Waals surface area (Å²) < 4.78 is 68.7. The van der Waals surface area contributed by atoms with Crippen molar-refractivity contribution in [3.8, 4) is 0 Å². The quantitative estimate of drug-likeness (QED) is 0.0222. The van der Waals surface area contributed by atoms with Crippen molar-refractivity contribution in [3.05, 3.63) is 0 Å². The average molecular weight is 1470 g/mol. The lowest BCUT2D eigenvalue weighted by Crippen LogP contribution is -2.30. The van der Waals surface area contributed by atoms with E-state index < -0.39 is 97.5 Å². The first-order valence-corrected chi connectivity index (χ1v) is 45.0. The molecule has 0 saturated heterocycles. The number of aliphatic hydroxyl groups excluding tert-OH is 1. The van der Waals surface area contributed by atoms with Crippen molar-refractivity contribution in [2.45, 2.75) is 445 Å². The van der Waals surface area contributed by atoms with Gasteiger partial charge in [0.05, 0.1) is 26.4 Å². The number of aliphatic hydroxyl groups is 1. The predicted molar refractivity (Wildman–Crippen MR) is 409 cm³/mol. The largest absolute Gasteiger partial charge is 0.472 e. The highest BCUT2D eigenvalue weighted by Crippen LogP contribution is 2.45. The SMILES string of the molecule is CCCCCCCCCCCCCCCCCCC(=O)OC[C@H](COP(=O)(O)OC[C@@H](O)COP(=O)(O)OC[C@@H](COC(=O)CCCCCCCCCCC(C)C)OC(=O)CCCCCCCCCCCCCC)OC(=O)CCCCCCCCCCCCCCCCCCCCC(C)C. The van der Waals surface area contributed by atoms with Crippen molar-refractivity contribution in [2.75, 3.05) is 39.6 Å². The van der Waals surface area contributed by atoms with Gasteiger partial charge in [-0.3, -0.25) is 37.3 Å². The third-order valence-electron chi connectivity index (χ3n) is 19.0. The summed E-state index contributed by atoms with van der Waals surface area (Å²) in [5.41, 5.74) is 0.